The number of rotatable bonds is 3. The van der Waals surface area contributed by atoms with E-state index in [1.807, 2.05) is 0 Å². The van der Waals surface area contributed by atoms with Crippen molar-refractivity contribution >= 4 is 11.8 Å². The van der Waals surface area contributed by atoms with Gasteiger partial charge in [0.05, 0.1) is 0 Å². The van der Waals surface area contributed by atoms with Crippen LogP contribution < -0.4 is 10.6 Å². The highest BCUT2D eigenvalue weighted by atomic mass is 16.2. The standard InChI is InChI=1S/C8H14N2O2/c1-5(11)10-4-6-3-7(6)8(12)9-2/h6-7H,3-4H2,1-2H3,(H,9,12)(H,10,11). The molecule has 0 aromatic rings. The van der Waals surface area contributed by atoms with Gasteiger partial charge in [0.25, 0.3) is 0 Å². The lowest BCUT2D eigenvalue weighted by Crippen LogP contribution is -2.26. The van der Waals surface area contributed by atoms with Crippen molar-refractivity contribution in [1.82, 2.24) is 10.6 Å². The van der Waals surface area contributed by atoms with Crippen molar-refractivity contribution in [2.24, 2.45) is 11.8 Å². The lowest BCUT2D eigenvalue weighted by molar-refractivity contribution is -0.122. The summed E-state index contributed by atoms with van der Waals surface area (Å²) < 4.78 is 0. The molecule has 0 heterocycles. The summed E-state index contributed by atoms with van der Waals surface area (Å²) in [5.41, 5.74) is 0. The van der Waals surface area contributed by atoms with Crippen LogP contribution in [0.3, 0.4) is 0 Å². The third-order valence-corrected chi connectivity index (χ3v) is 2.12. The van der Waals surface area contributed by atoms with Gasteiger partial charge in [-0.2, -0.15) is 0 Å². The van der Waals surface area contributed by atoms with Crippen LogP contribution in [0.2, 0.25) is 0 Å². The van der Waals surface area contributed by atoms with Gasteiger partial charge in [0, 0.05) is 26.4 Å². The monoisotopic (exact) mass is 170 g/mol. The third-order valence-electron chi connectivity index (χ3n) is 2.12. The Kier molecular flexibility index (Phi) is 2.68. The maximum Gasteiger partial charge on any atom is 0.223 e. The molecule has 12 heavy (non-hydrogen) atoms. The Labute approximate surface area is 71.7 Å². The van der Waals surface area contributed by atoms with Crippen molar-refractivity contribution in [3.05, 3.63) is 0 Å². The number of hydrogen-bond acceptors (Lipinski definition) is 2. The zero-order chi connectivity index (χ0) is 9.14. The van der Waals surface area contributed by atoms with E-state index in [1.165, 1.54) is 6.92 Å². The van der Waals surface area contributed by atoms with E-state index in [0.29, 0.717) is 12.5 Å². The smallest absolute Gasteiger partial charge is 0.223 e. The molecule has 2 N–H and O–H groups in total. The average molecular weight is 170 g/mol. The maximum absolute atomic E-state index is 11.0. The van der Waals surface area contributed by atoms with Crippen LogP contribution in [0, 0.1) is 11.8 Å². The first-order valence-corrected chi connectivity index (χ1v) is 4.11. The van der Waals surface area contributed by atoms with E-state index in [-0.39, 0.29) is 17.7 Å². The quantitative estimate of drug-likeness (QED) is 0.600. The van der Waals surface area contributed by atoms with Gasteiger partial charge in [0.2, 0.25) is 11.8 Å². The normalized spacial score (nSPS) is 26.2. The van der Waals surface area contributed by atoms with E-state index in [9.17, 15) is 9.59 Å². The van der Waals surface area contributed by atoms with Crippen LogP contribution in [0.15, 0.2) is 0 Å². The van der Waals surface area contributed by atoms with Gasteiger partial charge >= 0.3 is 0 Å². The Morgan fingerprint density at radius 2 is 2.17 bits per heavy atom. The molecule has 2 amide bonds. The highest BCUT2D eigenvalue weighted by Gasteiger charge is 2.42. The maximum atomic E-state index is 11.0. The lowest BCUT2D eigenvalue weighted by atomic mass is 10.3. The second-order valence-electron chi connectivity index (χ2n) is 3.15. The van der Waals surface area contributed by atoms with Crippen LogP contribution in [-0.2, 0) is 9.59 Å². The zero-order valence-electron chi connectivity index (χ0n) is 7.39. The molecule has 68 valence electrons. The third kappa shape index (κ3) is 2.22. The summed E-state index contributed by atoms with van der Waals surface area (Å²) in [6, 6.07) is 0. The SMILES string of the molecule is CNC(=O)C1CC1CNC(C)=O. The number of carbonyl (C=O) groups is 2. The lowest BCUT2D eigenvalue weighted by Gasteiger charge is -1.99. The summed E-state index contributed by atoms with van der Waals surface area (Å²) in [5, 5.41) is 5.29. The van der Waals surface area contributed by atoms with Gasteiger partial charge in [0.15, 0.2) is 0 Å². The van der Waals surface area contributed by atoms with Gasteiger partial charge in [-0.3, -0.25) is 9.59 Å². The van der Waals surface area contributed by atoms with E-state index in [2.05, 4.69) is 10.6 Å². The van der Waals surface area contributed by atoms with Gasteiger partial charge in [-0.1, -0.05) is 0 Å². The molecule has 2 atom stereocenters. The second-order valence-corrected chi connectivity index (χ2v) is 3.15. The molecule has 0 spiro atoms. The van der Waals surface area contributed by atoms with Crippen LogP contribution in [0.1, 0.15) is 13.3 Å². The predicted octanol–water partition coefficient (Wildman–Crippen LogP) is -0.495. The minimum Gasteiger partial charge on any atom is -0.359 e. The minimum absolute atomic E-state index is 0.0300. The summed E-state index contributed by atoms with van der Waals surface area (Å²) in [4.78, 5) is 21.5. The summed E-state index contributed by atoms with van der Waals surface area (Å²) in [5.74, 6) is 0.540. The molecule has 0 saturated heterocycles. The first-order chi connectivity index (χ1) is 5.65. The largest absolute Gasteiger partial charge is 0.359 e. The van der Waals surface area contributed by atoms with Crippen molar-refractivity contribution in [3.63, 3.8) is 0 Å². The van der Waals surface area contributed by atoms with Gasteiger partial charge in [-0.25, -0.2) is 0 Å². The first-order valence-electron chi connectivity index (χ1n) is 4.11. The minimum atomic E-state index is -0.0300. The molecule has 4 heteroatoms. The highest BCUT2D eigenvalue weighted by molar-refractivity contribution is 5.81. The molecular formula is C8H14N2O2. The Bertz CT molecular complexity index is 203. The average Bonchev–Trinajstić information content (AvgIpc) is 2.78. The molecular weight excluding hydrogens is 156 g/mol. The summed E-state index contributed by atoms with van der Waals surface area (Å²) in [6.07, 6.45) is 0.903. The van der Waals surface area contributed by atoms with E-state index < -0.39 is 0 Å². The van der Waals surface area contributed by atoms with Gasteiger partial charge in [-0.05, 0) is 12.3 Å². The highest BCUT2D eigenvalue weighted by Crippen LogP contribution is 2.37. The molecule has 0 aromatic heterocycles. The molecule has 1 saturated carbocycles. The van der Waals surface area contributed by atoms with Crippen LogP contribution in [-0.4, -0.2) is 25.4 Å². The van der Waals surface area contributed by atoms with E-state index >= 15 is 0 Å². The molecule has 0 aromatic carbocycles. The van der Waals surface area contributed by atoms with Crippen molar-refractivity contribution in [1.29, 1.82) is 0 Å². The summed E-state index contributed by atoms with van der Waals surface area (Å²) in [6.45, 7) is 2.12. The van der Waals surface area contributed by atoms with E-state index in [1.54, 1.807) is 7.05 Å². The predicted molar refractivity (Wildman–Crippen MR) is 44.3 cm³/mol. The molecule has 0 bridgehead atoms. The molecule has 1 aliphatic rings. The molecule has 1 aliphatic carbocycles. The van der Waals surface area contributed by atoms with Gasteiger partial charge in [-0.15, -0.1) is 0 Å². The van der Waals surface area contributed by atoms with E-state index in [0.717, 1.165) is 6.42 Å². The fourth-order valence-corrected chi connectivity index (χ4v) is 1.25. The van der Waals surface area contributed by atoms with Crippen molar-refractivity contribution in [3.8, 4) is 0 Å². The van der Waals surface area contributed by atoms with Crippen molar-refractivity contribution < 1.29 is 9.59 Å². The number of nitrogens with one attached hydrogen (secondary N) is 2. The number of amides is 2. The Hall–Kier alpha value is -1.06. The van der Waals surface area contributed by atoms with Crippen molar-refractivity contribution in [2.45, 2.75) is 13.3 Å². The van der Waals surface area contributed by atoms with Crippen LogP contribution in [0.4, 0.5) is 0 Å². The topological polar surface area (TPSA) is 58.2 Å². The molecule has 1 rings (SSSR count). The Morgan fingerprint density at radius 3 is 2.67 bits per heavy atom. The summed E-state index contributed by atoms with van der Waals surface area (Å²) in [7, 11) is 1.64. The second kappa shape index (κ2) is 3.56. The molecule has 0 aliphatic heterocycles. The van der Waals surface area contributed by atoms with Gasteiger partial charge in [0.1, 0.15) is 0 Å². The molecule has 4 nitrogen and oxygen atoms in total. The number of hydrogen-bond donors (Lipinski definition) is 2. The van der Waals surface area contributed by atoms with Crippen molar-refractivity contribution in [2.75, 3.05) is 13.6 Å². The van der Waals surface area contributed by atoms with Crippen LogP contribution >= 0.6 is 0 Å². The van der Waals surface area contributed by atoms with Crippen LogP contribution in [0.5, 0.6) is 0 Å². The van der Waals surface area contributed by atoms with Gasteiger partial charge < -0.3 is 10.6 Å². The molecule has 1 fully saturated rings. The fourth-order valence-electron chi connectivity index (χ4n) is 1.25. The fraction of sp³-hybridized carbons (Fsp3) is 0.750. The molecule has 2 unspecified atom stereocenters. The Morgan fingerprint density at radius 1 is 1.50 bits per heavy atom. The first kappa shape index (κ1) is 9.03. The Balaban J connectivity index is 2.16. The van der Waals surface area contributed by atoms with E-state index in [4.69, 9.17) is 0 Å². The number of carbonyl (C=O) groups excluding carboxylic acids is 2. The zero-order valence-corrected chi connectivity index (χ0v) is 7.39. The van der Waals surface area contributed by atoms with Crippen LogP contribution in [0.25, 0.3) is 0 Å². The summed E-state index contributed by atoms with van der Waals surface area (Å²) >= 11 is 0. The molecule has 0 radical (unpaired) electrons.